The zero-order valence-electron chi connectivity index (χ0n) is 21.3. The molecular weight excluding hydrogens is 450 g/mol. The van der Waals surface area contributed by atoms with Gasteiger partial charge in [-0.3, -0.25) is 4.79 Å². The summed E-state index contributed by atoms with van der Waals surface area (Å²) in [6, 6.07) is 18.1. The van der Waals surface area contributed by atoms with Crippen LogP contribution in [-0.2, 0) is 12.0 Å². The average Bonchev–Trinajstić information content (AvgIpc) is 3.26. The van der Waals surface area contributed by atoms with Gasteiger partial charge in [0.15, 0.2) is 17.3 Å². The summed E-state index contributed by atoms with van der Waals surface area (Å²) in [6.07, 6.45) is 2.86. The highest BCUT2D eigenvalue weighted by Gasteiger charge is 2.35. The molecule has 2 aromatic heterocycles. The number of nitrogens with zero attached hydrogens (tertiary/aromatic N) is 3. The fraction of sp³-hybridized carbons (Fsp3) is 0.300. The number of benzene rings is 2. The van der Waals surface area contributed by atoms with Crippen molar-refractivity contribution in [2.45, 2.75) is 45.1 Å². The Bertz CT molecular complexity index is 1520. The number of para-hydroxylation sites is 1. The molecule has 0 radical (unpaired) electrons. The number of Topliss-reactive ketones (excluding diaryl/α,β-unsaturated/α-hetero) is 1. The number of nitriles is 1. The maximum atomic E-state index is 13.9. The van der Waals surface area contributed by atoms with Crippen LogP contribution in [0.25, 0.3) is 22.2 Å². The van der Waals surface area contributed by atoms with Gasteiger partial charge in [0, 0.05) is 40.2 Å². The Morgan fingerprint density at radius 1 is 1.00 bits per heavy atom. The number of hydrogen-bond donors (Lipinski definition) is 0. The second-order valence-electron chi connectivity index (χ2n) is 10.2. The minimum absolute atomic E-state index is 0.0202. The molecule has 182 valence electrons. The van der Waals surface area contributed by atoms with Gasteiger partial charge in [0.1, 0.15) is 11.7 Å². The second kappa shape index (κ2) is 8.83. The third-order valence-electron chi connectivity index (χ3n) is 6.95. The molecular formula is C30H29N3O3. The molecule has 0 N–H and O–H groups in total. The lowest BCUT2D eigenvalue weighted by atomic mass is 9.78. The van der Waals surface area contributed by atoms with Gasteiger partial charge in [0.2, 0.25) is 0 Å². The Hall–Kier alpha value is -4.11. The van der Waals surface area contributed by atoms with Gasteiger partial charge >= 0.3 is 0 Å². The number of hydrogen-bond acceptors (Lipinski definition) is 5. The van der Waals surface area contributed by atoms with E-state index in [2.05, 4.69) is 39.0 Å². The minimum atomic E-state index is -0.318. The van der Waals surface area contributed by atoms with Crippen molar-refractivity contribution in [3.8, 4) is 28.7 Å². The van der Waals surface area contributed by atoms with Crippen molar-refractivity contribution in [3.63, 3.8) is 0 Å². The predicted molar refractivity (Wildman–Crippen MR) is 140 cm³/mol. The maximum absolute atomic E-state index is 13.9. The highest BCUT2D eigenvalue weighted by atomic mass is 16.5. The van der Waals surface area contributed by atoms with E-state index < -0.39 is 0 Å². The summed E-state index contributed by atoms with van der Waals surface area (Å²) in [7, 11) is 3.18. The van der Waals surface area contributed by atoms with Gasteiger partial charge in [-0.05, 0) is 44.7 Å². The molecule has 2 aromatic carbocycles. The van der Waals surface area contributed by atoms with Crippen LogP contribution in [0.2, 0.25) is 0 Å². The van der Waals surface area contributed by atoms with Crippen molar-refractivity contribution in [1.82, 2.24) is 9.55 Å². The van der Waals surface area contributed by atoms with E-state index in [0.717, 1.165) is 16.8 Å². The lowest BCUT2D eigenvalue weighted by Gasteiger charge is -2.28. The van der Waals surface area contributed by atoms with Gasteiger partial charge in [-0.15, -0.1) is 0 Å². The van der Waals surface area contributed by atoms with Crippen molar-refractivity contribution < 1.29 is 14.3 Å². The predicted octanol–water partition coefficient (Wildman–Crippen LogP) is 6.26. The molecule has 4 aromatic rings. The maximum Gasteiger partial charge on any atom is 0.168 e. The summed E-state index contributed by atoms with van der Waals surface area (Å²) in [4.78, 5) is 18.9. The van der Waals surface area contributed by atoms with Crippen LogP contribution < -0.4 is 9.47 Å². The van der Waals surface area contributed by atoms with Gasteiger partial charge in [0.05, 0.1) is 25.5 Å². The standard InChI is InChI=1S/C30H29N3O3/c1-30(2,3)33-17-20(16-31)25-26(21-12-9-13-24(35-4)28(21)36-5)27-22(32-29(25)33)14-19(15-23(27)34)18-10-7-6-8-11-18/h6-13,17,19H,14-15H2,1-5H3/t19-/m0/s1. The van der Waals surface area contributed by atoms with Crippen molar-refractivity contribution in [2.24, 2.45) is 0 Å². The number of rotatable bonds is 4. The van der Waals surface area contributed by atoms with Gasteiger partial charge < -0.3 is 14.0 Å². The van der Waals surface area contributed by atoms with E-state index >= 15 is 0 Å². The molecule has 1 atom stereocenters. The number of aromatic nitrogens is 2. The van der Waals surface area contributed by atoms with Gasteiger partial charge in [-0.2, -0.15) is 5.26 Å². The van der Waals surface area contributed by atoms with Crippen molar-refractivity contribution >= 4 is 16.8 Å². The van der Waals surface area contributed by atoms with E-state index in [-0.39, 0.29) is 17.2 Å². The van der Waals surface area contributed by atoms with Crippen LogP contribution in [0, 0.1) is 11.3 Å². The lowest BCUT2D eigenvalue weighted by molar-refractivity contribution is 0.0964. The van der Waals surface area contributed by atoms with Crippen molar-refractivity contribution in [2.75, 3.05) is 14.2 Å². The Labute approximate surface area is 211 Å². The number of fused-ring (bicyclic) bond motifs is 2. The van der Waals surface area contributed by atoms with E-state index in [0.29, 0.717) is 52.1 Å². The third kappa shape index (κ3) is 3.72. The quantitative estimate of drug-likeness (QED) is 0.345. The lowest BCUT2D eigenvalue weighted by Crippen LogP contribution is -2.24. The molecule has 6 heteroatoms. The molecule has 0 fully saturated rings. The number of ether oxygens (including phenoxy) is 2. The number of carbonyl (C=O) groups excluding carboxylic acids is 1. The van der Waals surface area contributed by atoms with Crippen LogP contribution in [-0.4, -0.2) is 29.6 Å². The first kappa shape index (κ1) is 23.6. The first-order valence-corrected chi connectivity index (χ1v) is 12.1. The third-order valence-corrected chi connectivity index (χ3v) is 6.95. The van der Waals surface area contributed by atoms with Crippen LogP contribution in [0.15, 0.2) is 54.7 Å². The molecule has 0 unspecified atom stereocenters. The molecule has 5 rings (SSSR count). The zero-order chi connectivity index (χ0) is 25.6. The Morgan fingerprint density at radius 3 is 2.39 bits per heavy atom. The van der Waals surface area contributed by atoms with E-state index in [1.165, 1.54) is 0 Å². The molecule has 1 aliphatic carbocycles. The molecule has 0 saturated heterocycles. The van der Waals surface area contributed by atoms with Crippen LogP contribution in [0.5, 0.6) is 11.5 Å². The fourth-order valence-electron chi connectivity index (χ4n) is 5.29. The van der Waals surface area contributed by atoms with Crippen LogP contribution >= 0.6 is 0 Å². The summed E-state index contributed by atoms with van der Waals surface area (Å²) >= 11 is 0. The minimum Gasteiger partial charge on any atom is -0.493 e. The smallest absolute Gasteiger partial charge is 0.168 e. The van der Waals surface area contributed by atoms with Crippen LogP contribution in [0.4, 0.5) is 0 Å². The summed E-state index contributed by atoms with van der Waals surface area (Å²) in [5.41, 5.74) is 4.72. The SMILES string of the molecule is COc1cccc(-c2c3c(nc4c2c(C#N)cn4C(C)(C)C)C[C@H](c2ccccc2)CC3=O)c1OC. The van der Waals surface area contributed by atoms with Gasteiger partial charge in [-0.25, -0.2) is 4.98 Å². The van der Waals surface area contributed by atoms with E-state index in [1.54, 1.807) is 14.2 Å². The van der Waals surface area contributed by atoms with Crippen LogP contribution in [0.3, 0.4) is 0 Å². The Morgan fingerprint density at radius 2 is 1.75 bits per heavy atom. The molecule has 0 amide bonds. The highest BCUT2D eigenvalue weighted by molar-refractivity contribution is 6.13. The highest BCUT2D eigenvalue weighted by Crippen LogP contribution is 2.47. The molecule has 1 aliphatic rings. The van der Waals surface area contributed by atoms with E-state index in [4.69, 9.17) is 14.5 Å². The molecule has 0 aliphatic heterocycles. The van der Waals surface area contributed by atoms with E-state index in [9.17, 15) is 10.1 Å². The molecule has 0 bridgehead atoms. The molecule has 0 saturated carbocycles. The molecule has 36 heavy (non-hydrogen) atoms. The Balaban J connectivity index is 1.89. The number of ketones is 1. The second-order valence-corrected chi connectivity index (χ2v) is 10.2. The Kier molecular flexibility index (Phi) is 5.80. The molecule has 2 heterocycles. The normalized spacial score (nSPS) is 15.4. The van der Waals surface area contributed by atoms with E-state index in [1.807, 2.05) is 47.2 Å². The largest absolute Gasteiger partial charge is 0.493 e. The van der Waals surface area contributed by atoms with Crippen molar-refractivity contribution in [3.05, 3.63) is 77.1 Å². The molecule has 0 spiro atoms. The van der Waals surface area contributed by atoms with Crippen molar-refractivity contribution in [1.29, 1.82) is 5.26 Å². The summed E-state index contributed by atoms with van der Waals surface area (Å²) in [5, 5.41) is 10.8. The average molecular weight is 480 g/mol. The first-order valence-electron chi connectivity index (χ1n) is 12.1. The van der Waals surface area contributed by atoms with Crippen LogP contribution in [0.1, 0.15) is 60.3 Å². The fourth-order valence-corrected chi connectivity index (χ4v) is 5.29. The summed E-state index contributed by atoms with van der Waals surface area (Å²) in [6.45, 7) is 6.25. The summed E-state index contributed by atoms with van der Waals surface area (Å²) < 4.78 is 13.4. The number of carbonyl (C=O) groups is 1. The zero-order valence-corrected chi connectivity index (χ0v) is 21.3. The molecule has 6 nitrogen and oxygen atoms in total. The monoisotopic (exact) mass is 479 g/mol. The number of methoxy groups -OCH3 is 2. The summed E-state index contributed by atoms with van der Waals surface area (Å²) in [5.74, 6) is 1.16. The topological polar surface area (TPSA) is 77.1 Å². The first-order chi connectivity index (χ1) is 17.3. The van der Waals surface area contributed by atoms with Gasteiger partial charge in [0.25, 0.3) is 0 Å². The number of pyridine rings is 1. The van der Waals surface area contributed by atoms with Gasteiger partial charge in [-0.1, -0.05) is 42.5 Å².